The zero-order valence-electron chi connectivity index (χ0n) is 7.09. The molecular weight excluding hydrogens is 171 g/mol. The highest BCUT2D eigenvalue weighted by molar-refractivity contribution is 5.92. The predicted molar refractivity (Wildman–Crippen MR) is 48.9 cm³/mol. The van der Waals surface area contributed by atoms with Gasteiger partial charge in [0, 0.05) is 12.2 Å². The van der Waals surface area contributed by atoms with E-state index in [1.165, 1.54) is 0 Å². The van der Waals surface area contributed by atoms with Gasteiger partial charge in [-0.15, -0.1) is 0 Å². The van der Waals surface area contributed by atoms with E-state index >= 15 is 0 Å². The van der Waals surface area contributed by atoms with E-state index in [2.05, 4.69) is 5.32 Å². The predicted octanol–water partition coefficient (Wildman–Crippen LogP) is 1.05. The molecule has 0 saturated carbocycles. The first-order valence-electron chi connectivity index (χ1n) is 3.91. The largest absolute Gasteiger partial charge is 0.326 e. The molecule has 0 aromatic heterocycles. The zero-order valence-corrected chi connectivity index (χ0v) is 7.09. The van der Waals surface area contributed by atoms with E-state index in [-0.39, 0.29) is 0 Å². The van der Waals surface area contributed by atoms with Crippen LogP contribution < -0.4 is 11.1 Å². The molecule has 0 aliphatic rings. The Hall–Kier alpha value is -1.42. The highest BCUT2D eigenvalue weighted by Gasteiger charge is 2.03. The van der Waals surface area contributed by atoms with Gasteiger partial charge in [-0.1, -0.05) is 18.2 Å². The van der Waals surface area contributed by atoms with Gasteiger partial charge in [0.15, 0.2) is 6.67 Å². The average molecular weight is 182 g/mol. The van der Waals surface area contributed by atoms with Crippen molar-refractivity contribution in [3.8, 4) is 0 Å². The van der Waals surface area contributed by atoms with Gasteiger partial charge in [-0.25, -0.2) is 4.39 Å². The molecule has 4 heteroatoms. The summed E-state index contributed by atoms with van der Waals surface area (Å²) >= 11 is 0. The molecule has 0 bridgehead atoms. The van der Waals surface area contributed by atoms with Crippen LogP contribution in [0.4, 0.5) is 10.1 Å². The summed E-state index contributed by atoms with van der Waals surface area (Å²) in [5.41, 5.74) is 6.79. The van der Waals surface area contributed by atoms with Crippen LogP contribution in [-0.2, 0) is 11.3 Å². The van der Waals surface area contributed by atoms with E-state index in [0.29, 0.717) is 12.2 Å². The lowest BCUT2D eigenvalue weighted by Gasteiger charge is -2.07. The molecule has 0 aliphatic heterocycles. The van der Waals surface area contributed by atoms with Crippen LogP contribution in [0.3, 0.4) is 0 Å². The molecule has 1 aromatic rings. The fourth-order valence-electron chi connectivity index (χ4n) is 1.00. The summed E-state index contributed by atoms with van der Waals surface area (Å²) in [6.07, 6.45) is 0. The van der Waals surface area contributed by atoms with E-state index < -0.39 is 12.6 Å². The molecule has 0 heterocycles. The third-order valence-electron chi connectivity index (χ3n) is 1.63. The van der Waals surface area contributed by atoms with E-state index in [1.807, 2.05) is 6.07 Å². The molecule has 0 atom stereocenters. The number of hydrogen-bond acceptors (Lipinski definition) is 2. The number of carbonyl (C=O) groups excluding carboxylic acids is 1. The second-order valence-electron chi connectivity index (χ2n) is 2.54. The molecule has 1 rings (SSSR count). The Labute approximate surface area is 75.7 Å². The summed E-state index contributed by atoms with van der Waals surface area (Å²) < 4.78 is 11.9. The number of alkyl halides is 1. The fourth-order valence-corrected chi connectivity index (χ4v) is 1.00. The van der Waals surface area contributed by atoms with Crippen molar-refractivity contribution in [1.29, 1.82) is 0 Å². The smallest absolute Gasteiger partial charge is 0.255 e. The minimum Gasteiger partial charge on any atom is -0.326 e. The quantitative estimate of drug-likeness (QED) is 0.734. The molecule has 1 amide bonds. The van der Waals surface area contributed by atoms with Crippen molar-refractivity contribution in [2.75, 3.05) is 12.0 Å². The molecule has 0 saturated heterocycles. The van der Waals surface area contributed by atoms with E-state index in [4.69, 9.17) is 5.73 Å². The van der Waals surface area contributed by atoms with Gasteiger partial charge < -0.3 is 11.1 Å². The molecule has 0 aliphatic carbocycles. The third-order valence-corrected chi connectivity index (χ3v) is 1.63. The van der Waals surface area contributed by atoms with Crippen LogP contribution in [0.2, 0.25) is 0 Å². The highest BCUT2D eigenvalue weighted by atomic mass is 19.1. The van der Waals surface area contributed by atoms with Crippen molar-refractivity contribution < 1.29 is 9.18 Å². The summed E-state index contributed by atoms with van der Waals surface area (Å²) in [5, 5.41) is 2.42. The van der Waals surface area contributed by atoms with Gasteiger partial charge in [-0.05, 0) is 11.6 Å². The molecule has 1 aromatic carbocycles. The summed E-state index contributed by atoms with van der Waals surface area (Å²) in [6, 6.07) is 7.05. The molecule has 3 N–H and O–H groups in total. The lowest BCUT2D eigenvalue weighted by atomic mass is 10.2. The zero-order chi connectivity index (χ0) is 9.68. The first-order chi connectivity index (χ1) is 6.27. The van der Waals surface area contributed by atoms with Gasteiger partial charge in [0.1, 0.15) is 0 Å². The van der Waals surface area contributed by atoms with Crippen molar-refractivity contribution in [2.24, 2.45) is 5.73 Å². The number of amides is 1. The highest BCUT2D eigenvalue weighted by Crippen LogP contribution is 2.13. The number of benzene rings is 1. The molecule has 70 valence electrons. The topological polar surface area (TPSA) is 55.1 Å². The SMILES string of the molecule is NCc1ccccc1NC(=O)CF. The number of halogens is 1. The second-order valence-corrected chi connectivity index (χ2v) is 2.54. The molecule has 3 nitrogen and oxygen atoms in total. The van der Waals surface area contributed by atoms with E-state index in [9.17, 15) is 9.18 Å². The third kappa shape index (κ3) is 2.52. The van der Waals surface area contributed by atoms with Crippen LogP contribution in [0.25, 0.3) is 0 Å². The Morgan fingerprint density at radius 3 is 2.77 bits per heavy atom. The van der Waals surface area contributed by atoms with Crippen LogP contribution in [0.1, 0.15) is 5.56 Å². The van der Waals surface area contributed by atoms with Gasteiger partial charge in [-0.3, -0.25) is 4.79 Å². The van der Waals surface area contributed by atoms with Gasteiger partial charge in [0.25, 0.3) is 5.91 Å². The lowest BCUT2D eigenvalue weighted by molar-refractivity contribution is -0.117. The van der Waals surface area contributed by atoms with Crippen molar-refractivity contribution in [3.63, 3.8) is 0 Å². The minimum absolute atomic E-state index is 0.322. The van der Waals surface area contributed by atoms with E-state index in [1.54, 1.807) is 18.2 Å². The van der Waals surface area contributed by atoms with Gasteiger partial charge >= 0.3 is 0 Å². The number of nitrogens with one attached hydrogen (secondary N) is 1. The van der Waals surface area contributed by atoms with Gasteiger partial charge in [0.05, 0.1) is 0 Å². The van der Waals surface area contributed by atoms with Crippen LogP contribution in [0.15, 0.2) is 24.3 Å². The summed E-state index contributed by atoms with van der Waals surface area (Å²) in [5.74, 6) is -0.652. The number of para-hydroxylation sites is 1. The first kappa shape index (κ1) is 9.67. The summed E-state index contributed by atoms with van der Waals surface area (Å²) in [6.45, 7) is -0.693. The first-order valence-corrected chi connectivity index (χ1v) is 3.91. The Bertz CT molecular complexity index is 301. The Morgan fingerprint density at radius 2 is 2.15 bits per heavy atom. The van der Waals surface area contributed by atoms with Crippen LogP contribution >= 0.6 is 0 Å². The Balaban J connectivity index is 2.81. The lowest BCUT2D eigenvalue weighted by Crippen LogP contribution is -2.15. The molecule has 0 radical (unpaired) electrons. The van der Waals surface area contributed by atoms with Crippen LogP contribution in [0, 0.1) is 0 Å². The average Bonchev–Trinajstić information content (AvgIpc) is 2.18. The fraction of sp³-hybridized carbons (Fsp3) is 0.222. The molecular formula is C9H11FN2O. The van der Waals surface area contributed by atoms with Crippen molar-refractivity contribution in [1.82, 2.24) is 0 Å². The van der Waals surface area contributed by atoms with Gasteiger partial charge in [0.2, 0.25) is 0 Å². The number of carbonyl (C=O) groups is 1. The maximum atomic E-state index is 11.9. The Kier molecular flexibility index (Phi) is 3.40. The summed E-state index contributed by atoms with van der Waals surface area (Å²) in [7, 11) is 0. The Morgan fingerprint density at radius 1 is 1.46 bits per heavy atom. The molecule has 0 spiro atoms. The molecule has 13 heavy (non-hydrogen) atoms. The van der Waals surface area contributed by atoms with Crippen LogP contribution in [0.5, 0.6) is 0 Å². The number of anilines is 1. The maximum absolute atomic E-state index is 11.9. The normalized spacial score (nSPS) is 9.69. The van der Waals surface area contributed by atoms with Crippen molar-refractivity contribution in [2.45, 2.75) is 6.54 Å². The minimum atomic E-state index is -1.01. The van der Waals surface area contributed by atoms with Gasteiger partial charge in [-0.2, -0.15) is 0 Å². The number of nitrogens with two attached hydrogens (primary N) is 1. The van der Waals surface area contributed by atoms with Crippen molar-refractivity contribution in [3.05, 3.63) is 29.8 Å². The monoisotopic (exact) mass is 182 g/mol. The summed E-state index contributed by atoms with van der Waals surface area (Å²) in [4.78, 5) is 10.7. The molecule has 0 unspecified atom stereocenters. The standard InChI is InChI=1S/C9H11FN2O/c10-5-9(13)12-8-4-2-1-3-7(8)6-11/h1-4H,5-6,11H2,(H,12,13). The number of hydrogen-bond donors (Lipinski definition) is 2. The molecule has 0 fully saturated rings. The maximum Gasteiger partial charge on any atom is 0.255 e. The van der Waals surface area contributed by atoms with E-state index in [0.717, 1.165) is 5.56 Å². The number of rotatable bonds is 3. The van der Waals surface area contributed by atoms with Crippen molar-refractivity contribution >= 4 is 11.6 Å². The second kappa shape index (κ2) is 4.57. The van der Waals surface area contributed by atoms with Crippen LogP contribution in [-0.4, -0.2) is 12.6 Å².